The number of hydrogen-bond donors (Lipinski definition) is 2. The Morgan fingerprint density at radius 2 is 1.85 bits per heavy atom. The molecular formula is C13H13N3O3S. The number of nitrogens with zero attached hydrogens (tertiary/aromatic N) is 1. The van der Waals surface area contributed by atoms with Crippen LogP contribution in [0, 0.1) is 0 Å². The van der Waals surface area contributed by atoms with Gasteiger partial charge in [-0.2, -0.15) is 0 Å². The predicted molar refractivity (Wildman–Crippen MR) is 75.9 cm³/mol. The summed E-state index contributed by atoms with van der Waals surface area (Å²) in [5, 5.41) is 0. The van der Waals surface area contributed by atoms with Gasteiger partial charge in [0.2, 0.25) is 0 Å². The second-order valence-electron chi connectivity index (χ2n) is 4.13. The van der Waals surface area contributed by atoms with Gasteiger partial charge in [-0.1, -0.05) is 0 Å². The minimum absolute atomic E-state index is 0.0691. The van der Waals surface area contributed by atoms with Gasteiger partial charge < -0.3 is 5.73 Å². The van der Waals surface area contributed by atoms with Gasteiger partial charge in [-0.25, -0.2) is 13.4 Å². The largest absolute Gasteiger partial charge is 0.383 e. The number of nitrogens with one attached hydrogen (secondary N) is 1. The van der Waals surface area contributed by atoms with Crippen LogP contribution < -0.4 is 10.5 Å². The molecule has 2 rings (SSSR count). The highest BCUT2D eigenvalue weighted by atomic mass is 32.2. The maximum absolute atomic E-state index is 12.1. The topological polar surface area (TPSA) is 102 Å². The number of aromatic nitrogens is 1. The molecule has 1 aromatic carbocycles. The second kappa shape index (κ2) is 5.30. The molecule has 3 N–H and O–H groups in total. The van der Waals surface area contributed by atoms with Crippen molar-refractivity contribution in [3.8, 4) is 0 Å². The van der Waals surface area contributed by atoms with Crippen molar-refractivity contribution in [2.24, 2.45) is 0 Å². The molecule has 1 heterocycles. The predicted octanol–water partition coefficient (Wildman–Crippen LogP) is 1.67. The smallest absolute Gasteiger partial charge is 0.265 e. The molecule has 0 amide bonds. The molecule has 1 aromatic heterocycles. The summed E-state index contributed by atoms with van der Waals surface area (Å²) in [6, 6.07) is 8.99. The van der Waals surface area contributed by atoms with Gasteiger partial charge in [0, 0.05) is 17.4 Å². The van der Waals surface area contributed by atoms with E-state index in [9.17, 15) is 13.2 Å². The number of benzene rings is 1. The molecule has 0 fully saturated rings. The van der Waals surface area contributed by atoms with Crippen molar-refractivity contribution >= 4 is 27.3 Å². The first-order chi connectivity index (χ1) is 9.40. The minimum atomic E-state index is -3.80. The second-order valence-corrected chi connectivity index (χ2v) is 5.78. The van der Waals surface area contributed by atoms with Crippen LogP contribution in [0.3, 0.4) is 0 Å². The first-order valence-corrected chi connectivity index (χ1v) is 7.23. The average molecular weight is 291 g/mol. The fourth-order valence-electron chi connectivity index (χ4n) is 1.61. The number of carbonyl (C=O) groups is 1. The molecule has 0 aliphatic heterocycles. The molecule has 0 saturated carbocycles. The van der Waals surface area contributed by atoms with E-state index in [4.69, 9.17) is 5.73 Å². The summed E-state index contributed by atoms with van der Waals surface area (Å²) in [7, 11) is -3.80. The zero-order valence-corrected chi connectivity index (χ0v) is 11.5. The zero-order chi connectivity index (χ0) is 14.8. The lowest BCUT2D eigenvalue weighted by Gasteiger charge is -2.09. The summed E-state index contributed by atoms with van der Waals surface area (Å²) in [5.74, 6) is -0.156. The molecule has 20 heavy (non-hydrogen) atoms. The number of Topliss-reactive ketones (excluding diaryl/α,β-unsaturated/α-hetero) is 1. The summed E-state index contributed by atoms with van der Waals surface area (Å²) in [5.41, 5.74) is 6.40. The monoisotopic (exact) mass is 291 g/mol. The summed E-state index contributed by atoms with van der Waals surface area (Å²) in [6.45, 7) is 1.44. The van der Waals surface area contributed by atoms with Crippen LogP contribution in [-0.2, 0) is 10.0 Å². The fourth-order valence-corrected chi connectivity index (χ4v) is 2.76. The standard InChI is InChI=1S/C13H13N3O3S/c1-9(17)10-4-6-11(7-5-10)16-20(18,19)12-3-2-8-15-13(12)14/h2-8,16H,1H3,(H2,14,15). The van der Waals surface area contributed by atoms with Crippen molar-refractivity contribution in [3.63, 3.8) is 0 Å². The maximum atomic E-state index is 12.1. The summed E-state index contributed by atoms with van der Waals surface area (Å²) >= 11 is 0. The third-order valence-corrected chi connectivity index (χ3v) is 4.06. The van der Waals surface area contributed by atoms with Crippen LogP contribution >= 0.6 is 0 Å². The molecule has 104 valence electrons. The van der Waals surface area contributed by atoms with Gasteiger partial charge in [0.1, 0.15) is 10.7 Å². The molecule has 0 aliphatic rings. The number of nitrogens with two attached hydrogens (primary N) is 1. The van der Waals surface area contributed by atoms with E-state index in [2.05, 4.69) is 9.71 Å². The quantitative estimate of drug-likeness (QED) is 0.834. The van der Waals surface area contributed by atoms with Gasteiger partial charge in [0.05, 0.1) is 0 Å². The number of ketones is 1. The lowest BCUT2D eigenvalue weighted by atomic mass is 10.1. The highest BCUT2D eigenvalue weighted by Gasteiger charge is 2.17. The Morgan fingerprint density at radius 3 is 2.40 bits per heavy atom. The Morgan fingerprint density at radius 1 is 1.20 bits per heavy atom. The molecule has 0 aliphatic carbocycles. The molecule has 0 radical (unpaired) electrons. The third-order valence-electron chi connectivity index (χ3n) is 2.63. The zero-order valence-electron chi connectivity index (χ0n) is 10.7. The number of nitrogen functional groups attached to an aromatic ring is 1. The highest BCUT2D eigenvalue weighted by Crippen LogP contribution is 2.19. The van der Waals surface area contributed by atoms with E-state index in [-0.39, 0.29) is 16.5 Å². The molecule has 0 saturated heterocycles. The average Bonchev–Trinajstić information content (AvgIpc) is 2.39. The van der Waals surface area contributed by atoms with Gasteiger partial charge in [0.25, 0.3) is 10.0 Å². The van der Waals surface area contributed by atoms with Crippen LogP contribution in [0.15, 0.2) is 47.5 Å². The van der Waals surface area contributed by atoms with Crippen molar-refractivity contribution in [1.82, 2.24) is 4.98 Å². The first-order valence-electron chi connectivity index (χ1n) is 5.74. The van der Waals surface area contributed by atoms with Gasteiger partial charge >= 0.3 is 0 Å². The third kappa shape index (κ3) is 2.94. The number of rotatable bonds is 4. The molecule has 7 heteroatoms. The SMILES string of the molecule is CC(=O)c1ccc(NS(=O)(=O)c2cccnc2N)cc1. The summed E-state index contributed by atoms with van der Waals surface area (Å²) in [4.78, 5) is 14.8. The summed E-state index contributed by atoms with van der Waals surface area (Å²) < 4.78 is 26.7. The van der Waals surface area contributed by atoms with Crippen molar-refractivity contribution in [1.29, 1.82) is 0 Å². The number of pyridine rings is 1. The van der Waals surface area contributed by atoms with Crippen LogP contribution in [0.2, 0.25) is 0 Å². The highest BCUT2D eigenvalue weighted by molar-refractivity contribution is 7.92. The van der Waals surface area contributed by atoms with E-state index >= 15 is 0 Å². The Hall–Kier alpha value is -2.41. The van der Waals surface area contributed by atoms with E-state index in [1.165, 1.54) is 37.4 Å². The number of anilines is 2. The Balaban J connectivity index is 2.29. The number of sulfonamides is 1. The van der Waals surface area contributed by atoms with Gasteiger partial charge in [-0.05, 0) is 43.3 Å². The lowest BCUT2D eigenvalue weighted by Crippen LogP contribution is -2.15. The molecular weight excluding hydrogens is 278 g/mol. The van der Waals surface area contributed by atoms with Crippen molar-refractivity contribution in [3.05, 3.63) is 48.2 Å². The minimum Gasteiger partial charge on any atom is -0.383 e. The van der Waals surface area contributed by atoms with E-state index in [1.807, 2.05) is 0 Å². The van der Waals surface area contributed by atoms with Crippen LogP contribution in [0.25, 0.3) is 0 Å². The Kier molecular flexibility index (Phi) is 3.71. The maximum Gasteiger partial charge on any atom is 0.265 e. The van der Waals surface area contributed by atoms with E-state index in [1.54, 1.807) is 12.1 Å². The molecule has 0 spiro atoms. The number of hydrogen-bond acceptors (Lipinski definition) is 5. The number of carbonyl (C=O) groups excluding carboxylic acids is 1. The van der Waals surface area contributed by atoms with Crippen molar-refractivity contribution in [2.45, 2.75) is 11.8 Å². The Labute approximate surface area is 116 Å². The lowest BCUT2D eigenvalue weighted by molar-refractivity contribution is 0.101. The van der Waals surface area contributed by atoms with Crippen molar-refractivity contribution < 1.29 is 13.2 Å². The molecule has 0 bridgehead atoms. The Bertz CT molecular complexity index is 740. The summed E-state index contributed by atoms with van der Waals surface area (Å²) in [6.07, 6.45) is 1.41. The van der Waals surface area contributed by atoms with E-state index in [0.29, 0.717) is 11.3 Å². The molecule has 0 unspecified atom stereocenters. The van der Waals surface area contributed by atoms with E-state index < -0.39 is 10.0 Å². The fraction of sp³-hybridized carbons (Fsp3) is 0.0769. The van der Waals surface area contributed by atoms with Gasteiger partial charge in [-0.15, -0.1) is 0 Å². The van der Waals surface area contributed by atoms with E-state index in [0.717, 1.165) is 0 Å². The molecule has 2 aromatic rings. The van der Waals surface area contributed by atoms with Crippen molar-refractivity contribution in [2.75, 3.05) is 10.5 Å². The van der Waals surface area contributed by atoms with Gasteiger partial charge in [0.15, 0.2) is 5.78 Å². The van der Waals surface area contributed by atoms with Crippen LogP contribution in [0.5, 0.6) is 0 Å². The van der Waals surface area contributed by atoms with Crippen LogP contribution in [0.4, 0.5) is 11.5 Å². The van der Waals surface area contributed by atoms with Crippen LogP contribution in [-0.4, -0.2) is 19.2 Å². The van der Waals surface area contributed by atoms with Crippen LogP contribution in [0.1, 0.15) is 17.3 Å². The first kappa shape index (κ1) is 14.0. The molecule has 0 atom stereocenters. The van der Waals surface area contributed by atoms with Gasteiger partial charge in [-0.3, -0.25) is 9.52 Å². The normalized spacial score (nSPS) is 11.1. The molecule has 6 nitrogen and oxygen atoms in total.